The maximum absolute atomic E-state index is 11.4. The van der Waals surface area contributed by atoms with Crippen molar-refractivity contribution in [3.63, 3.8) is 0 Å². The number of nitrogen functional groups attached to an aromatic ring is 2. The number of nitrogens with two attached hydrogens (primary N) is 4. The fourth-order valence-electron chi connectivity index (χ4n) is 4.56. The summed E-state index contributed by atoms with van der Waals surface area (Å²) in [4.78, 5) is 44.3. The minimum absolute atomic E-state index is 0.125. The van der Waals surface area contributed by atoms with Crippen LogP contribution in [0.2, 0.25) is 0 Å². The van der Waals surface area contributed by atoms with Crippen molar-refractivity contribution >= 4 is 35.4 Å². The SMILES string of the molecule is COC(=O)C1(O)C=CC(N)=C(C#N)C1.COC(=O)C12C=CC(N)(O1)C(C#N)C2.COC(=O)c1ccc(N)c(C#N)c1.COC(=O)c1ccc(N)o1. The molecule has 4 atom stereocenters. The number of ether oxygens (including phenoxy) is 5. The quantitative estimate of drug-likeness (QED) is 0.127. The molecule has 2 aromatic rings. The number of anilines is 2. The first kappa shape index (κ1) is 40.5. The van der Waals surface area contributed by atoms with E-state index in [1.54, 1.807) is 12.2 Å². The van der Waals surface area contributed by atoms with Crippen LogP contribution in [0.3, 0.4) is 0 Å². The minimum Gasteiger partial charge on any atom is -0.467 e. The van der Waals surface area contributed by atoms with Crippen molar-refractivity contribution in [2.24, 2.45) is 17.4 Å². The molecule has 3 aliphatic rings. The lowest BCUT2D eigenvalue weighted by Crippen LogP contribution is -2.42. The van der Waals surface area contributed by atoms with Gasteiger partial charge in [-0.05, 0) is 48.6 Å². The number of methoxy groups -OCH3 is 4. The number of carbonyl (C=O) groups excluding carboxylic acids is 4. The Kier molecular flexibility index (Phi) is 13.6. The van der Waals surface area contributed by atoms with Gasteiger partial charge in [0.05, 0.1) is 63.2 Å². The monoisotopic (exact) mass is 705 g/mol. The number of hydrogen-bond acceptors (Lipinski definition) is 18. The van der Waals surface area contributed by atoms with Crippen molar-refractivity contribution < 1.29 is 52.4 Å². The van der Waals surface area contributed by atoms with E-state index in [4.69, 9.17) is 47.9 Å². The smallest absolute Gasteiger partial charge is 0.374 e. The van der Waals surface area contributed by atoms with Crippen LogP contribution in [0.4, 0.5) is 11.6 Å². The third-order valence-electron chi connectivity index (χ3n) is 7.33. The first-order chi connectivity index (χ1) is 24.0. The predicted octanol–water partition coefficient (Wildman–Crippen LogP) is 0.845. The standard InChI is InChI=1S/2C9H10N2O3.C9H8N2O2.C6H7NO3/c1-13-7(12)8-2-3-9(11,14-8)6(4-8)5-10;1-14-8(12)9(13)3-2-7(11)6(4-9)5-10;1-13-9(12)6-2-3-8(11)7(4-6)5-10;1-9-6(8)4-2-3-5(7)10-4/h2-3,6H,4,11H2,1H3;2-3,13H,4,11H2,1H3;2-4H,11H2,1H3;2-3H,7H2,1H3. The van der Waals surface area contributed by atoms with Crippen LogP contribution in [0.1, 0.15) is 39.3 Å². The molecule has 4 unspecified atom stereocenters. The summed E-state index contributed by atoms with van der Waals surface area (Å²) in [5.74, 6) is -2.45. The summed E-state index contributed by atoms with van der Waals surface area (Å²) in [7, 11) is 5.01. The van der Waals surface area contributed by atoms with Gasteiger partial charge in [0, 0.05) is 30.3 Å². The third-order valence-corrected chi connectivity index (χ3v) is 7.33. The highest BCUT2D eigenvalue weighted by atomic mass is 16.6. The fourth-order valence-corrected chi connectivity index (χ4v) is 4.56. The molecule has 2 bridgehead atoms. The first-order valence-corrected chi connectivity index (χ1v) is 14.4. The van der Waals surface area contributed by atoms with Gasteiger partial charge in [-0.25, -0.2) is 19.2 Å². The molecule has 1 saturated heterocycles. The second kappa shape index (κ2) is 17.1. The normalized spacial score (nSPS) is 23.2. The van der Waals surface area contributed by atoms with Crippen LogP contribution in [0.25, 0.3) is 0 Å². The highest BCUT2D eigenvalue weighted by Gasteiger charge is 2.61. The molecule has 0 saturated carbocycles. The number of nitrogens with zero attached hydrogens (tertiary/aromatic N) is 3. The van der Waals surface area contributed by atoms with E-state index in [0.717, 1.165) is 0 Å². The van der Waals surface area contributed by atoms with Gasteiger partial charge in [0.2, 0.25) is 5.76 Å². The van der Waals surface area contributed by atoms with E-state index in [2.05, 4.69) is 18.9 Å². The van der Waals surface area contributed by atoms with Gasteiger partial charge in [-0.1, -0.05) is 0 Å². The Bertz CT molecular complexity index is 1880. The number of aliphatic hydroxyl groups is 1. The summed E-state index contributed by atoms with van der Waals surface area (Å²) in [6.07, 6.45) is 5.82. The molecule has 18 nitrogen and oxygen atoms in total. The zero-order chi connectivity index (χ0) is 38.6. The number of furan rings is 1. The van der Waals surface area contributed by atoms with Crippen molar-refractivity contribution in [2.45, 2.75) is 29.8 Å². The Hall–Kier alpha value is -6.65. The molecule has 3 heterocycles. The van der Waals surface area contributed by atoms with Crippen molar-refractivity contribution in [1.29, 1.82) is 15.8 Å². The highest BCUT2D eigenvalue weighted by molar-refractivity contribution is 5.90. The van der Waals surface area contributed by atoms with Crippen LogP contribution in [0.15, 0.2) is 70.3 Å². The topological polar surface area (TPSA) is 323 Å². The fraction of sp³-hybridized carbons (Fsp3) is 0.303. The second-order valence-corrected chi connectivity index (χ2v) is 10.6. The average Bonchev–Trinajstić information content (AvgIpc) is 3.83. The van der Waals surface area contributed by atoms with E-state index < -0.39 is 46.7 Å². The molecule has 0 spiro atoms. The number of hydrogen-bond donors (Lipinski definition) is 5. The Morgan fingerprint density at radius 1 is 0.863 bits per heavy atom. The Labute approximate surface area is 291 Å². The zero-order valence-electron chi connectivity index (χ0n) is 27.9. The number of nitriles is 3. The number of fused-ring (bicyclic) bond motifs is 2. The Morgan fingerprint density at radius 3 is 2.00 bits per heavy atom. The van der Waals surface area contributed by atoms with E-state index in [9.17, 15) is 24.3 Å². The highest BCUT2D eigenvalue weighted by Crippen LogP contribution is 2.47. The van der Waals surface area contributed by atoms with Crippen molar-refractivity contribution in [3.8, 4) is 18.2 Å². The lowest BCUT2D eigenvalue weighted by atomic mass is 9.84. The van der Waals surface area contributed by atoms with Crippen LogP contribution < -0.4 is 22.9 Å². The molecule has 0 radical (unpaired) electrons. The van der Waals surface area contributed by atoms with E-state index in [0.29, 0.717) is 11.3 Å². The number of esters is 4. The molecule has 1 fully saturated rings. The summed E-state index contributed by atoms with van der Waals surface area (Å²) in [5.41, 5.74) is 19.3. The number of allylic oxidation sites excluding steroid dienone is 1. The summed E-state index contributed by atoms with van der Waals surface area (Å²) < 4.78 is 28.0. The van der Waals surface area contributed by atoms with E-state index in [1.165, 1.54) is 70.9 Å². The molecular weight excluding hydrogens is 670 g/mol. The van der Waals surface area contributed by atoms with Crippen molar-refractivity contribution in [2.75, 3.05) is 39.9 Å². The van der Waals surface area contributed by atoms with E-state index >= 15 is 0 Å². The molecule has 1 aliphatic carbocycles. The molecular formula is C33H35N7O11. The Balaban J connectivity index is 0.000000237. The van der Waals surface area contributed by atoms with Crippen molar-refractivity contribution in [3.05, 3.63) is 82.8 Å². The van der Waals surface area contributed by atoms with Gasteiger partial charge in [0.15, 0.2) is 22.8 Å². The van der Waals surface area contributed by atoms with Crippen LogP contribution in [0.5, 0.6) is 0 Å². The van der Waals surface area contributed by atoms with Gasteiger partial charge in [-0.15, -0.1) is 0 Å². The lowest BCUT2D eigenvalue weighted by molar-refractivity contribution is -0.162. The van der Waals surface area contributed by atoms with Gasteiger partial charge in [0.1, 0.15) is 6.07 Å². The summed E-state index contributed by atoms with van der Waals surface area (Å²) >= 11 is 0. The summed E-state index contributed by atoms with van der Waals surface area (Å²) in [5, 5.41) is 35.9. The summed E-state index contributed by atoms with van der Waals surface area (Å²) in [6, 6.07) is 13.1. The molecule has 268 valence electrons. The second-order valence-electron chi connectivity index (χ2n) is 10.6. The third kappa shape index (κ3) is 9.50. The molecule has 2 aliphatic heterocycles. The zero-order valence-corrected chi connectivity index (χ0v) is 27.9. The average molecular weight is 706 g/mol. The first-order valence-electron chi connectivity index (χ1n) is 14.4. The molecule has 1 aromatic heterocycles. The predicted molar refractivity (Wildman–Crippen MR) is 175 cm³/mol. The molecule has 1 aromatic carbocycles. The molecule has 5 rings (SSSR count). The lowest BCUT2D eigenvalue weighted by Gasteiger charge is -2.24. The molecule has 51 heavy (non-hydrogen) atoms. The van der Waals surface area contributed by atoms with Gasteiger partial charge in [0.25, 0.3) is 0 Å². The van der Waals surface area contributed by atoms with Crippen LogP contribution in [-0.2, 0) is 33.3 Å². The van der Waals surface area contributed by atoms with Gasteiger partial charge >= 0.3 is 23.9 Å². The largest absolute Gasteiger partial charge is 0.467 e. The number of rotatable bonds is 4. The van der Waals surface area contributed by atoms with Gasteiger partial charge in [-0.3, -0.25) is 5.73 Å². The van der Waals surface area contributed by atoms with Crippen LogP contribution >= 0.6 is 0 Å². The number of benzene rings is 1. The van der Waals surface area contributed by atoms with Gasteiger partial charge < -0.3 is 50.4 Å². The van der Waals surface area contributed by atoms with Crippen LogP contribution in [-0.4, -0.2) is 74.4 Å². The minimum atomic E-state index is -1.76. The molecule has 18 heteroatoms. The number of carbonyl (C=O) groups is 4. The Morgan fingerprint density at radius 2 is 1.51 bits per heavy atom. The molecule has 0 amide bonds. The van der Waals surface area contributed by atoms with Crippen LogP contribution in [0, 0.1) is 39.9 Å². The maximum atomic E-state index is 11.4. The van der Waals surface area contributed by atoms with E-state index in [1.807, 2.05) is 18.2 Å². The summed E-state index contributed by atoms with van der Waals surface area (Å²) in [6.45, 7) is 0. The van der Waals surface area contributed by atoms with E-state index in [-0.39, 0.29) is 41.3 Å². The molecule has 9 N–H and O–H groups in total. The maximum Gasteiger partial charge on any atom is 0.374 e. The van der Waals surface area contributed by atoms with Gasteiger partial charge in [-0.2, -0.15) is 15.8 Å². The van der Waals surface area contributed by atoms with Crippen molar-refractivity contribution in [1.82, 2.24) is 0 Å².